The highest BCUT2D eigenvalue weighted by Gasteiger charge is 2.41. The van der Waals surface area contributed by atoms with Crippen LogP contribution in [0.3, 0.4) is 0 Å². The summed E-state index contributed by atoms with van der Waals surface area (Å²) in [6, 6.07) is -1.76. The summed E-state index contributed by atoms with van der Waals surface area (Å²) in [5.74, 6) is -1.55. The van der Waals surface area contributed by atoms with Crippen LogP contribution in [0.15, 0.2) is 0 Å². The molecule has 0 spiro atoms. The van der Waals surface area contributed by atoms with E-state index < -0.39 is 30.1 Å². The number of carboxylic acids is 1. The fraction of sp³-hybridized carbons (Fsp3) is 0.812. The Bertz CT molecular complexity index is 487. The van der Waals surface area contributed by atoms with E-state index in [1.807, 2.05) is 0 Å². The summed E-state index contributed by atoms with van der Waals surface area (Å²) in [6.45, 7) is -0.00182. The molecule has 0 aromatic rings. The molecule has 0 radical (unpaired) electrons. The van der Waals surface area contributed by atoms with Gasteiger partial charge in [0.2, 0.25) is 11.8 Å². The Balaban J connectivity index is 2.11. The maximum absolute atomic E-state index is 12.8. The standard InChI is InChI=1S/C16H26N2O5S/c19-11-7-13(16(22)23)18(8-11)15(21)12-6-4-2-1-3-5-10(9-24)14(20)17-12/h10-13,19,24H,1-9H2,(H,17,20)(H,22,23)/t10-,11-,12-,13+/m1/s1. The van der Waals surface area contributed by atoms with Gasteiger partial charge in [0, 0.05) is 24.6 Å². The first-order valence-corrected chi connectivity index (χ1v) is 9.20. The minimum absolute atomic E-state index is 0.00182. The number of rotatable bonds is 3. The number of carbonyl (C=O) groups excluding carboxylic acids is 2. The Labute approximate surface area is 147 Å². The third kappa shape index (κ3) is 4.63. The number of β-amino-alcohol motifs (C(OH)–C–C–N with tert-alkyl or cyclic N) is 1. The molecule has 7 nitrogen and oxygen atoms in total. The van der Waals surface area contributed by atoms with Crippen LogP contribution in [0.2, 0.25) is 0 Å². The molecular weight excluding hydrogens is 332 g/mol. The maximum atomic E-state index is 12.8. The molecule has 0 aromatic carbocycles. The number of aliphatic carboxylic acids is 1. The summed E-state index contributed by atoms with van der Waals surface area (Å²) in [4.78, 5) is 37.7. The van der Waals surface area contributed by atoms with Crippen molar-refractivity contribution < 1.29 is 24.6 Å². The highest BCUT2D eigenvalue weighted by molar-refractivity contribution is 7.80. The monoisotopic (exact) mass is 358 g/mol. The van der Waals surface area contributed by atoms with E-state index in [0.717, 1.165) is 32.1 Å². The second-order valence-corrected chi connectivity index (χ2v) is 7.03. The summed E-state index contributed by atoms with van der Waals surface area (Å²) in [6.07, 6.45) is 4.19. The van der Waals surface area contributed by atoms with Crippen molar-refractivity contribution in [3.63, 3.8) is 0 Å². The van der Waals surface area contributed by atoms with Gasteiger partial charge in [-0.25, -0.2) is 4.79 Å². The molecule has 3 N–H and O–H groups in total. The highest BCUT2D eigenvalue weighted by atomic mass is 32.1. The first-order valence-electron chi connectivity index (χ1n) is 8.56. The molecule has 136 valence electrons. The summed E-state index contributed by atoms with van der Waals surface area (Å²) < 4.78 is 0. The van der Waals surface area contributed by atoms with Crippen LogP contribution in [0.25, 0.3) is 0 Å². The molecule has 2 aliphatic heterocycles. The van der Waals surface area contributed by atoms with Gasteiger partial charge >= 0.3 is 5.97 Å². The third-order valence-corrected chi connectivity index (χ3v) is 5.29. The molecule has 2 amide bonds. The van der Waals surface area contributed by atoms with E-state index in [1.54, 1.807) is 0 Å². The maximum Gasteiger partial charge on any atom is 0.326 e. The number of carboxylic acid groups (broad SMARTS) is 1. The molecule has 0 aliphatic carbocycles. The number of hydrogen-bond acceptors (Lipinski definition) is 5. The van der Waals surface area contributed by atoms with Gasteiger partial charge < -0.3 is 20.4 Å². The van der Waals surface area contributed by atoms with Crippen molar-refractivity contribution in [3.8, 4) is 0 Å². The Morgan fingerprint density at radius 3 is 2.50 bits per heavy atom. The van der Waals surface area contributed by atoms with Crippen molar-refractivity contribution >= 4 is 30.4 Å². The van der Waals surface area contributed by atoms with Crippen LogP contribution in [0.1, 0.15) is 44.9 Å². The molecule has 4 atom stereocenters. The van der Waals surface area contributed by atoms with Gasteiger partial charge in [-0.1, -0.05) is 25.7 Å². The highest BCUT2D eigenvalue weighted by Crippen LogP contribution is 2.22. The zero-order valence-corrected chi connectivity index (χ0v) is 14.6. The van der Waals surface area contributed by atoms with Gasteiger partial charge in [-0.05, 0) is 12.8 Å². The third-order valence-electron chi connectivity index (χ3n) is 4.85. The molecule has 2 fully saturated rings. The quantitative estimate of drug-likeness (QED) is 0.547. The number of hydrogen-bond donors (Lipinski definition) is 4. The van der Waals surface area contributed by atoms with Crippen molar-refractivity contribution in [2.24, 2.45) is 5.92 Å². The van der Waals surface area contributed by atoms with Crippen LogP contribution >= 0.6 is 12.6 Å². The molecular formula is C16H26N2O5S. The Kier molecular flexibility index (Phi) is 6.91. The van der Waals surface area contributed by atoms with Crippen molar-refractivity contribution in [2.45, 2.75) is 63.1 Å². The van der Waals surface area contributed by atoms with E-state index in [0.29, 0.717) is 12.2 Å². The number of aliphatic hydroxyl groups is 1. The minimum atomic E-state index is -1.13. The lowest BCUT2D eigenvalue weighted by Crippen LogP contribution is -2.53. The first-order chi connectivity index (χ1) is 11.4. The Morgan fingerprint density at radius 2 is 1.88 bits per heavy atom. The average Bonchev–Trinajstić information content (AvgIpc) is 2.94. The van der Waals surface area contributed by atoms with Gasteiger partial charge in [0.15, 0.2) is 0 Å². The van der Waals surface area contributed by atoms with Crippen molar-refractivity contribution in [1.29, 1.82) is 0 Å². The smallest absolute Gasteiger partial charge is 0.326 e. The molecule has 8 heteroatoms. The van der Waals surface area contributed by atoms with Crippen molar-refractivity contribution in [1.82, 2.24) is 10.2 Å². The number of nitrogens with one attached hydrogen (secondary N) is 1. The lowest BCUT2D eigenvalue weighted by molar-refractivity contribution is -0.149. The number of nitrogens with zero attached hydrogens (tertiary/aromatic N) is 1. The normalized spacial score (nSPS) is 32.2. The van der Waals surface area contributed by atoms with Crippen LogP contribution in [0.5, 0.6) is 0 Å². The topological polar surface area (TPSA) is 107 Å². The summed E-state index contributed by atoms with van der Waals surface area (Å²) in [5, 5.41) is 21.8. The fourth-order valence-corrected chi connectivity index (χ4v) is 3.79. The van der Waals surface area contributed by atoms with Crippen molar-refractivity contribution in [2.75, 3.05) is 12.3 Å². The molecule has 24 heavy (non-hydrogen) atoms. The second-order valence-electron chi connectivity index (χ2n) is 6.67. The summed E-state index contributed by atoms with van der Waals surface area (Å²) in [7, 11) is 0. The van der Waals surface area contributed by atoms with Crippen molar-refractivity contribution in [3.05, 3.63) is 0 Å². The molecule has 0 bridgehead atoms. The first kappa shape index (κ1) is 19.1. The SMILES string of the molecule is O=C1N[C@@H](C(=O)N2C[C@H](O)C[C@H]2C(=O)O)CCCCCC[C@@H]1CS. The van der Waals surface area contributed by atoms with Gasteiger partial charge in [0.25, 0.3) is 0 Å². The van der Waals surface area contributed by atoms with Gasteiger partial charge in [0.1, 0.15) is 12.1 Å². The second kappa shape index (κ2) is 8.71. The van der Waals surface area contributed by atoms with Gasteiger partial charge in [-0.3, -0.25) is 9.59 Å². The Hall–Kier alpha value is -1.28. The lowest BCUT2D eigenvalue weighted by atomic mass is 9.97. The molecule has 2 heterocycles. The van der Waals surface area contributed by atoms with Gasteiger partial charge in [0.05, 0.1) is 6.10 Å². The van der Waals surface area contributed by atoms with Crippen LogP contribution in [0, 0.1) is 5.92 Å². The van der Waals surface area contributed by atoms with Gasteiger partial charge in [-0.2, -0.15) is 12.6 Å². The zero-order chi connectivity index (χ0) is 17.7. The minimum Gasteiger partial charge on any atom is -0.480 e. The zero-order valence-electron chi connectivity index (χ0n) is 13.7. The largest absolute Gasteiger partial charge is 0.480 e. The summed E-state index contributed by atoms with van der Waals surface area (Å²) >= 11 is 4.22. The van der Waals surface area contributed by atoms with E-state index in [2.05, 4.69) is 17.9 Å². The predicted molar refractivity (Wildman–Crippen MR) is 90.7 cm³/mol. The van der Waals surface area contributed by atoms with Crippen LogP contribution in [0.4, 0.5) is 0 Å². The van der Waals surface area contributed by atoms with E-state index in [1.165, 1.54) is 4.90 Å². The van der Waals surface area contributed by atoms with Crippen LogP contribution in [-0.2, 0) is 14.4 Å². The molecule has 2 saturated heterocycles. The molecule has 2 rings (SSSR count). The molecule has 0 unspecified atom stereocenters. The Morgan fingerprint density at radius 1 is 1.21 bits per heavy atom. The van der Waals surface area contributed by atoms with E-state index in [4.69, 9.17) is 0 Å². The molecule has 0 aromatic heterocycles. The molecule has 0 saturated carbocycles. The van der Waals surface area contributed by atoms with E-state index >= 15 is 0 Å². The number of amides is 2. The average molecular weight is 358 g/mol. The number of thiol groups is 1. The van der Waals surface area contributed by atoms with E-state index in [9.17, 15) is 24.6 Å². The predicted octanol–water partition coefficient (Wildman–Crippen LogP) is 0.418. The molecule has 2 aliphatic rings. The summed E-state index contributed by atoms with van der Waals surface area (Å²) in [5.41, 5.74) is 0. The number of likely N-dealkylation sites (tertiary alicyclic amines) is 1. The van der Waals surface area contributed by atoms with Gasteiger partial charge in [-0.15, -0.1) is 0 Å². The van der Waals surface area contributed by atoms with Crippen LogP contribution < -0.4 is 5.32 Å². The number of aliphatic hydroxyl groups excluding tert-OH is 1. The van der Waals surface area contributed by atoms with E-state index in [-0.39, 0.29) is 24.8 Å². The van der Waals surface area contributed by atoms with Crippen LogP contribution in [-0.4, -0.2) is 63.4 Å². The number of carbonyl (C=O) groups is 3. The fourth-order valence-electron chi connectivity index (χ4n) is 3.44. The lowest BCUT2D eigenvalue weighted by Gasteiger charge is -2.29.